The zero-order chi connectivity index (χ0) is 13.2. The molecule has 0 atom stereocenters. The van der Waals surface area contributed by atoms with E-state index in [0.29, 0.717) is 12.8 Å². The van der Waals surface area contributed by atoms with Gasteiger partial charge in [0.1, 0.15) is 4.90 Å². The minimum atomic E-state index is -3.85. The summed E-state index contributed by atoms with van der Waals surface area (Å²) in [6.07, 6.45) is 1.39. The zero-order valence-corrected chi connectivity index (χ0v) is 11.2. The summed E-state index contributed by atoms with van der Waals surface area (Å²) in [4.78, 5) is -0.395. The van der Waals surface area contributed by atoms with Crippen molar-refractivity contribution in [3.05, 3.63) is 29.0 Å². The first-order chi connectivity index (χ1) is 8.50. The predicted octanol–water partition coefficient (Wildman–Crippen LogP) is 1.51. The Bertz CT molecular complexity index is 530. The molecule has 0 aromatic heterocycles. The molecule has 100 valence electrons. The van der Waals surface area contributed by atoms with Crippen LogP contribution in [0.5, 0.6) is 0 Å². The molecule has 1 fully saturated rings. The second-order valence-electron chi connectivity index (χ2n) is 4.20. The van der Waals surface area contributed by atoms with E-state index in [-0.39, 0.29) is 11.1 Å². The van der Waals surface area contributed by atoms with Gasteiger partial charge in [0.05, 0.1) is 5.02 Å². The number of piperidine rings is 1. The quantitative estimate of drug-likeness (QED) is 0.888. The molecule has 0 bridgehead atoms. The van der Waals surface area contributed by atoms with E-state index >= 15 is 0 Å². The van der Waals surface area contributed by atoms with Gasteiger partial charge in [0.15, 0.2) is 5.82 Å². The van der Waals surface area contributed by atoms with Crippen LogP contribution in [0.25, 0.3) is 0 Å². The topological polar surface area (TPSA) is 58.2 Å². The lowest BCUT2D eigenvalue weighted by atomic mass is 10.1. The van der Waals surface area contributed by atoms with Crippen LogP contribution in [0, 0.1) is 5.82 Å². The summed E-state index contributed by atoms with van der Waals surface area (Å²) in [7, 11) is -3.85. The van der Waals surface area contributed by atoms with Gasteiger partial charge in [-0.3, -0.25) is 0 Å². The number of rotatable bonds is 3. The van der Waals surface area contributed by atoms with Crippen LogP contribution < -0.4 is 10.0 Å². The maximum atomic E-state index is 13.7. The Balaban J connectivity index is 2.22. The first kappa shape index (κ1) is 13.7. The molecule has 0 spiro atoms. The fourth-order valence-electron chi connectivity index (χ4n) is 1.91. The van der Waals surface area contributed by atoms with Gasteiger partial charge in [0.25, 0.3) is 0 Å². The number of nitrogens with one attached hydrogen (secondary N) is 2. The Morgan fingerprint density at radius 3 is 2.67 bits per heavy atom. The van der Waals surface area contributed by atoms with Crippen LogP contribution in [0.1, 0.15) is 12.8 Å². The largest absolute Gasteiger partial charge is 0.317 e. The third kappa shape index (κ3) is 3.00. The maximum Gasteiger partial charge on any atom is 0.243 e. The normalized spacial score (nSPS) is 17.9. The molecule has 0 radical (unpaired) electrons. The minimum absolute atomic E-state index is 0.158. The summed E-state index contributed by atoms with van der Waals surface area (Å²) >= 11 is 5.59. The van der Waals surface area contributed by atoms with Gasteiger partial charge in [-0.1, -0.05) is 17.7 Å². The Morgan fingerprint density at radius 1 is 1.33 bits per heavy atom. The lowest BCUT2D eigenvalue weighted by Gasteiger charge is -2.23. The molecule has 0 amide bonds. The molecule has 7 heteroatoms. The van der Waals surface area contributed by atoms with E-state index in [1.165, 1.54) is 18.2 Å². The number of hydrogen-bond donors (Lipinski definition) is 2. The van der Waals surface area contributed by atoms with Crippen molar-refractivity contribution < 1.29 is 12.8 Å². The molecule has 1 aromatic rings. The van der Waals surface area contributed by atoms with E-state index in [2.05, 4.69) is 10.0 Å². The highest BCUT2D eigenvalue weighted by atomic mass is 35.5. The standard InChI is InChI=1S/C11H14ClFN2O2S/c12-9-2-1-3-10(11(9)13)18(16,17)15-8-4-6-14-7-5-8/h1-3,8,14-15H,4-7H2. The fraction of sp³-hybridized carbons (Fsp3) is 0.455. The van der Waals surface area contributed by atoms with Gasteiger partial charge in [-0.25, -0.2) is 17.5 Å². The molecule has 18 heavy (non-hydrogen) atoms. The number of halogens is 2. The zero-order valence-electron chi connectivity index (χ0n) is 9.62. The van der Waals surface area contributed by atoms with Crippen molar-refractivity contribution in [1.29, 1.82) is 0 Å². The Morgan fingerprint density at radius 2 is 2.00 bits per heavy atom. The average Bonchev–Trinajstić information content (AvgIpc) is 2.33. The SMILES string of the molecule is O=S(=O)(NC1CCNCC1)c1cccc(Cl)c1F. The Hall–Kier alpha value is -0.690. The van der Waals surface area contributed by atoms with Crippen molar-refractivity contribution in [2.75, 3.05) is 13.1 Å². The van der Waals surface area contributed by atoms with E-state index < -0.39 is 20.7 Å². The lowest BCUT2D eigenvalue weighted by molar-refractivity contribution is 0.426. The number of benzene rings is 1. The average molecular weight is 293 g/mol. The van der Waals surface area contributed by atoms with Crippen molar-refractivity contribution in [3.8, 4) is 0 Å². The summed E-state index contributed by atoms with van der Waals surface area (Å²) in [5.74, 6) is -0.902. The van der Waals surface area contributed by atoms with Crippen LogP contribution >= 0.6 is 11.6 Å². The van der Waals surface area contributed by atoms with Gasteiger partial charge in [0, 0.05) is 6.04 Å². The highest BCUT2D eigenvalue weighted by Gasteiger charge is 2.25. The van der Waals surface area contributed by atoms with Crippen LogP contribution in [0.3, 0.4) is 0 Å². The highest BCUT2D eigenvalue weighted by Crippen LogP contribution is 2.22. The van der Waals surface area contributed by atoms with Crippen molar-refractivity contribution in [1.82, 2.24) is 10.0 Å². The summed E-state index contributed by atoms with van der Waals surface area (Å²) < 4.78 is 40.3. The van der Waals surface area contributed by atoms with E-state index in [0.717, 1.165) is 13.1 Å². The fourth-order valence-corrected chi connectivity index (χ4v) is 3.55. The molecule has 2 rings (SSSR count). The first-order valence-corrected chi connectivity index (χ1v) is 7.54. The summed E-state index contributed by atoms with van der Waals surface area (Å²) in [5, 5.41) is 2.94. The summed E-state index contributed by atoms with van der Waals surface area (Å²) in [6, 6.07) is 3.79. The summed E-state index contributed by atoms with van der Waals surface area (Å²) in [5.41, 5.74) is 0. The third-order valence-electron chi connectivity index (χ3n) is 2.87. The van der Waals surface area contributed by atoms with Crippen LogP contribution in [0.2, 0.25) is 5.02 Å². The molecule has 1 aromatic carbocycles. The minimum Gasteiger partial charge on any atom is -0.317 e. The molecule has 1 saturated heterocycles. The molecule has 0 unspecified atom stereocenters. The molecular weight excluding hydrogens is 279 g/mol. The summed E-state index contributed by atoms with van der Waals surface area (Å²) in [6.45, 7) is 1.51. The predicted molar refractivity (Wildman–Crippen MR) is 67.6 cm³/mol. The van der Waals surface area contributed by atoms with Crippen molar-refractivity contribution in [2.45, 2.75) is 23.8 Å². The lowest BCUT2D eigenvalue weighted by Crippen LogP contribution is -2.42. The van der Waals surface area contributed by atoms with Crippen LogP contribution in [-0.2, 0) is 10.0 Å². The van der Waals surface area contributed by atoms with Crippen LogP contribution in [0.4, 0.5) is 4.39 Å². The van der Waals surface area contributed by atoms with Crippen molar-refractivity contribution in [3.63, 3.8) is 0 Å². The van der Waals surface area contributed by atoms with E-state index in [9.17, 15) is 12.8 Å². The smallest absolute Gasteiger partial charge is 0.243 e. The van der Waals surface area contributed by atoms with Gasteiger partial charge >= 0.3 is 0 Å². The molecule has 0 aliphatic carbocycles. The Labute approximate surface area is 111 Å². The molecule has 0 saturated carbocycles. The van der Waals surface area contributed by atoms with Gasteiger partial charge in [0.2, 0.25) is 10.0 Å². The van der Waals surface area contributed by atoms with Crippen molar-refractivity contribution in [2.24, 2.45) is 0 Å². The number of hydrogen-bond acceptors (Lipinski definition) is 3. The molecular formula is C11H14ClFN2O2S. The van der Waals surface area contributed by atoms with Crippen molar-refractivity contribution >= 4 is 21.6 Å². The molecule has 1 aliphatic heterocycles. The Kier molecular flexibility index (Phi) is 4.21. The van der Waals surface area contributed by atoms with E-state index in [1.54, 1.807) is 0 Å². The van der Waals surface area contributed by atoms with Gasteiger partial charge in [-0.2, -0.15) is 0 Å². The van der Waals surface area contributed by atoms with E-state index in [1.807, 2.05) is 0 Å². The van der Waals surface area contributed by atoms with E-state index in [4.69, 9.17) is 11.6 Å². The number of sulfonamides is 1. The van der Waals surface area contributed by atoms with Gasteiger partial charge in [-0.05, 0) is 38.1 Å². The first-order valence-electron chi connectivity index (χ1n) is 5.68. The molecule has 1 heterocycles. The molecule has 1 aliphatic rings. The van der Waals surface area contributed by atoms with Crippen LogP contribution in [-0.4, -0.2) is 27.5 Å². The monoisotopic (exact) mass is 292 g/mol. The third-order valence-corrected chi connectivity index (χ3v) is 4.70. The highest BCUT2D eigenvalue weighted by molar-refractivity contribution is 7.89. The van der Waals surface area contributed by atoms with Crippen LogP contribution in [0.15, 0.2) is 23.1 Å². The molecule has 2 N–H and O–H groups in total. The second kappa shape index (κ2) is 5.52. The molecule has 4 nitrogen and oxygen atoms in total. The second-order valence-corrected chi connectivity index (χ2v) is 6.29. The van der Waals surface area contributed by atoms with Gasteiger partial charge < -0.3 is 5.32 Å². The maximum absolute atomic E-state index is 13.7. The van der Waals surface area contributed by atoms with Gasteiger partial charge in [-0.15, -0.1) is 0 Å².